The lowest BCUT2D eigenvalue weighted by Gasteiger charge is -2.27. The van der Waals surface area contributed by atoms with E-state index in [4.69, 9.17) is 42.1 Å². The fourth-order valence-electron chi connectivity index (χ4n) is 3.16. The van der Waals surface area contributed by atoms with Crippen LogP contribution in [0.5, 0.6) is 17.2 Å². The Kier molecular flexibility index (Phi) is 7.95. The second kappa shape index (κ2) is 10.7. The molecular formula is C21H22Cl2N2O6. The van der Waals surface area contributed by atoms with Crippen LogP contribution in [-0.4, -0.2) is 68.7 Å². The van der Waals surface area contributed by atoms with Gasteiger partial charge in [-0.3, -0.25) is 14.6 Å². The van der Waals surface area contributed by atoms with Gasteiger partial charge in [0, 0.05) is 37.5 Å². The number of carbonyl (C=O) groups excluding carboxylic acids is 2. The van der Waals surface area contributed by atoms with Crippen LogP contribution >= 0.6 is 23.2 Å². The average Bonchev–Trinajstić information content (AvgIpc) is 2.79. The first-order valence-corrected chi connectivity index (χ1v) is 10.3. The first-order chi connectivity index (χ1) is 15.0. The van der Waals surface area contributed by atoms with Crippen molar-refractivity contribution < 1.29 is 28.5 Å². The van der Waals surface area contributed by atoms with Crippen molar-refractivity contribution in [3.63, 3.8) is 0 Å². The number of hydrogen-bond acceptors (Lipinski definition) is 7. The zero-order valence-corrected chi connectivity index (χ0v) is 18.7. The highest BCUT2D eigenvalue weighted by atomic mass is 35.5. The van der Waals surface area contributed by atoms with Crippen molar-refractivity contribution in [1.82, 2.24) is 9.88 Å². The van der Waals surface area contributed by atoms with Crippen molar-refractivity contribution in [3.05, 3.63) is 45.7 Å². The van der Waals surface area contributed by atoms with Crippen LogP contribution in [0.4, 0.5) is 0 Å². The van der Waals surface area contributed by atoms with Crippen LogP contribution in [0.15, 0.2) is 24.5 Å². The number of amides is 1. The van der Waals surface area contributed by atoms with Gasteiger partial charge in [-0.1, -0.05) is 23.2 Å². The lowest BCUT2D eigenvalue weighted by atomic mass is 10.0. The number of rotatable bonds is 8. The number of ether oxygens (including phenoxy) is 4. The molecule has 0 atom stereocenters. The molecule has 0 aliphatic carbocycles. The van der Waals surface area contributed by atoms with Crippen LogP contribution in [0, 0.1) is 0 Å². The van der Waals surface area contributed by atoms with Gasteiger partial charge in [0.1, 0.15) is 0 Å². The summed E-state index contributed by atoms with van der Waals surface area (Å²) in [4.78, 5) is 31.2. The molecule has 8 nitrogen and oxygen atoms in total. The summed E-state index contributed by atoms with van der Waals surface area (Å²) >= 11 is 12.3. The molecule has 1 aromatic heterocycles. The number of pyridine rings is 1. The van der Waals surface area contributed by atoms with Crippen molar-refractivity contribution in [2.75, 3.05) is 47.1 Å². The van der Waals surface area contributed by atoms with E-state index in [-0.39, 0.29) is 51.8 Å². The molecule has 1 amide bonds. The standard InChI is InChI=1S/C21H22Cl2N2O6/c1-28-18-4-3-13(17(26)9-14-15(22)10-24-11-16(14)23)20(21(18)29-2)31-12-19(27)25-5-7-30-8-6-25/h3-4,10-11H,5-9,12H2,1-2H3. The monoisotopic (exact) mass is 468 g/mol. The third-order valence-electron chi connectivity index (χ3n) is 4.79. The van der Waals surface area contributed by atoms with Crippen LogP contribution < -0.4 is 14.2 Å². The number of Topliss-reactive ketones (excluding diaryl/α,β-unsaturated/α-hetero) is 1. The van der Waals surface area contributed by atoms with Gasteiger partial charge in [-0.2, -0.15) is 0 Å². The number of halogens is 2. The quantitative estimate of drug-likeness (QED) is 0.550. The Morgan fingerprint density at radius 1 is 1.06 bits per heavy atom. The zero-order chi connectivity index (χ0) is 22.4. The molecule has 2 heterocycles. The summed E-state index contributed by atoms with van der Waals surface area (Å²) in [6.07, 6.45) is 2.76. The molecule has 0 N–H and O–H groups in total. The molecule has 0 radical (unpaired) electrons. The molecule has 0 unspecified atom stereocenters. The van der Waals surface area contributed by atoms with Crippen molar-refractivity contribution in [3.8, 4) is 17.2 Å². The Bertz CT molecular complexity index is 943. The van der Waals surface area contributed by atoms with Crippen LogP contribution in [0.1, 0.15) is 15.9 Å². The molecule has 166 valence electrons. The van der Waals surface area contributed by atoms with Crippen molar-refractivity contribution >= 4 is 34.9 Å². The minimum atomic E-state index is -0.315. The smallest absolute Gasteiger partial charge is 0.260 e. The van der Waals surface area contributed by atoms with Gasteiger partial charge in [-0.25, -0.2) is 0 Å². The maximum absolute atomic E-state index is 13.1. The lowest BCUT2D eigenvalue weighted by molar-refractivity contribution is -0.137. The number of ketones is 1. The van der Waals surface area contributed by atoms with Gasteiger partial charge in [-0.15, -0.1) is 0 Å². The summed E-state index contributed by atoms with van der Waals surface area (Å²) in [7, 11) is 2.90. The van der Waals surface area contributed by atoms with Gasteiger partial charge in [-0.05, 0) is 12.1 Å². The number of nitrogens with zero attached hydrogens (tertiary/aromatic N) is 2. The fraction of sp³-hybridized carbons (Fsp3) is 0.381. The van der Waals surface area contributed by atoms with Crippen LogP contribution in [0.25, 0.3) is 0 Å². The Morgan fingerprint density at radius 3 is 2.35 bits per heavy atom. The highest BCUT2D eigenvalue weighted by Gasteiger charge is 2.25. The highest BCUT2D eigenvalue weighted by molar-refractivity contribution is 6.36. The normalized spacial score (nSPS) is 13.6. The summed E-state index contributed by atoms with van der Waals surface area (Å²) in [6.45, 7) is 1.67. The first kappa shape index (κ1) is 23.1. The molecule has 1 saturated heterocycles. The fourth-order valence-corrected chi connectivity index (χ4v) is 3.66. The van der Waals surface area contributed by atoms with Crippen LogP contribution in [-0.2, 0) is 16.0 Å². The molecule has 1 aliphatic heterocycles. The Morgan fingerprint density at radius 2 is 1.74 bits per heavy atom. The third kappa shape index (κ3) is 5.39. The molecule has 1 fully saturated rings. The average molecular weight is 469 g/mol. The molecule has 31 heavy (non-hydrogen) atoms. The third-order valence-corrected chi connectivity index (χ3v) is 5.45. The largest absolute Gasteiger partial charge is 0.493 e. The van der Waals surface area contributed by atoms with E-state index in [0.29, 0.717) is 37.6 Å². The minimum Gasteiger partial charge on any atom is -0.493 e. The number of carbonyl (C=O) groups is 2. The predicted octanol–water partition coefficient (Wildman–Crippen LogP) is 3.07. The highest BCUT2D eigenvalue weighted by Crippen LogP contribution is 2.41. The first-order valence-electron chi connectivity index (χ1n) is 9.50. The van der Waals surface area contributed by atoms with E-state index >= 15 is 0 Å². The second-order valence-electron chi connectivity index (χ2n) is 6.64. The summed E-state index contributed by atoms with van der Waals surface area (Å²) in [5.74, 6) is 0.175. The number of aromatic nitrogens is 1. The van der Waals surface area contributed by atoms with Crippen LogP contribution in [0.2, 0.25) is 10.0 Å². The number of hydrogen-bond donors (Lipinski definition) is 0. The van der Waals surface area contributed by atoms with Crippen molar-refractivity contribution in [2.45, 2.75) is 6.42 Å². The Labute approximate surface area is 189 Å². The topological polar surface area (TPSA) is 87.2 Å². The van der Waals surface area contributed by atoms with E-state index in [1.807, 2.05) is 0 Å². The summed E-state index contributed by atoms with van der Waals surface area (Å²) < 4.78 is 21.8. The lowest BCUT2D eigenvalue weighted by Crippen LogP contribution is -2.43. The zero-order valence-electron chi connectivity index (χ0n) is 17.2. The van der Waals surface area contributed by atoms with E-state index in [1.54, 1.807) is 17.0 Å². The van der Waals surface area contributed by atoms with E-state index in [0.717, 1.165) is 0 Å². The Hall–Kier alpha value is -2.55. The number of morpholine rings is 1. The summed E-state index contributed by atoms with van der Waals surface area (Å²) in [5.41, 5.74) is 0.671. The van der Waals surface area contributed by atoms with E-state index < -0.39 is 0 Å². The maximum atomic E-state index is 13.1. The van der Waals surface area contributed by atoms with E-state index in [1.165, 1.54) is 26.6 Å². The number of benzene rings is 1. The maximum Gasteiger partial charge on any atom is 0.260 e. The van der Waals surface area contributed by atoms with Crippen LogP contribution in [0.3, 0.4) is 0 Å². The molecule has 1 aliphatic rings. The van der Waals surface area contributed by atoms with Gasteiger partial charge in [0.25, 0.3) is 5.91 Å². The van der Waals surface area contributed by atoms with Gasteiger partial charge >= 0.3 is 0 Å². The molecule has 0 saturated carbocycles. The van der Waals surface area contributed by atoms with E-state index in [9.17, 15) is 9.59 Å². The second-order valence-corrected chi connectivity index (χ2v) is 7.46. The molecule has 0 bridgehead atoms. The van der Waals surface area contributed by atoms with Gasteiger partial charge in [0.2, 0.25) is 5.75 Å². The number of methoxy groups -OCH3 is 2. The minimum absolute atomic E-state index is 0.0799. The van der Waals surface area contributed by atoms with Gasteiger partial charge in [0.15, 0.2) is 23.9 Å². The summed E-state index contributed by atoms with van der Waals surface area (Å²) in [5, 5.41) is 0.567. The van der Waals surface area contributed by atoms with Gasteiger partial charge in [0.05, 0.1) is 43.0 Å². The molecule has 10 heteroatoms. The molecule has 2 aromatic rings. The predicted molar refractivity (Wildman–Crippen MR) is 115 cm³/mol. The molecule has 1 aromatic carbocycles. The van der Waals surface area contributed by atoms with Gasteiger partial charge < -0.3 is 23.8 Å². The Balaban J connectivity index is 1.88. The molecule has 3 rings (SSSR count). The molecular weight excluding hydrogens is 447 g/mol. The van der Waals surface area contributed by atoms with Crippen molar-refractivity contribution in [1.29, 1.82) is 0 Å². The van der Waals surface area contributed by atoms with Crippen molar-refractivity contribution in [2.24, 2.45) is 0 Å². The SMILES string of the molecule is COc1ccc(C(=O)Cc2c(Cl)cncc2Cl)c(OCC(=O)N2CCOCC2)c1OC. The molecule has 0 spiro atoms. The summed E-state index contributed by atoms with van der Waals surface area (Å²) in [6, 6.07) is 3.15. The van der Waals surface area contributed by atoms with E-state index in [2.05, 4.69) is 4.98 Å².